The average molecular weight is 700 g/mol. The molecule has 1 aliphatic carbocycles. The van der Waals surface area contributed by atoms with Crippen LogP contribution in [0.5, 0.6) is 0 Å². The first-order valence-electron chi connectivity index (χ1n) is 16.9. The lowest BCUT2D eigenvalue weighted by Gasteiger charge is -2.30. The van der Waals surface area contributed by atoms with Gasteiger partial charge in [0, 0.05) is 40.7 Å². The van der Waals surface area contributed by atoms with E-state index >= 15 is 4.39 Å². The predicted molar refractivity (Wildman–Crippen MR) is 184 cm³/mol. The standard InChI is InChI=1S/C36H43ClFN3O6S/c1-2-46-19-24-6-5-13-40(24)25-16-26(20-47-27-11-9-22(10-12-27)36(44)45)41(18-25)34(42)15-23-14-30(37)32(17-31(23)38)39-35(43)29-21-48-33-8-4-3-7-28(29)33/h3-4,7-8,14,17,21-22,24-27H,2,5-6,9-13,15-16,18-20H2,1H3,(H,39,43)(H,44,45)/t22-,24-,25-,26-,27-/m0/s1. The summed E-state index contributed by atoms with van der Waals surface area (Å²) in [6.45, 7) is 5.10. The van der Waals surface area contributed by atoms with Crippen LogP contribution in [0.1, 0.15) is 67.8 Å². The summed E-state index contributed by atoms with van der Waals surface area (Å²) in [7, 11) is 0. The maximum atomic E-state index is 15.5. The summed E-state index contributed by atoms with van der Waals surface area (Å²) in [5, 5.41) is 14.8. The van der Waals surface area contributed by atoms with Crippen molar-refractivity contribution >= 4 is 56.5 Å². The SMILES string of the molecule is CCOC[C@@H]1CCCN1[C@H]1C[C@@H](CO[C@H]2CC[C@H](C(=O)O)CC2)N(C(=O)Cc2cc(Cl)c(NC(=O)c3csc4ccccc34)cc2F)C1. The number of likely N-dealkylation sites (tertiary alicyclic amines) is 2. The monoisotopic (exact) mass is 699 g/mol. The zero-order chi connectivity index (χ0) is 33.8. The third kappa shape index (κ3) is 7.86. The number of hydrogen-bond donors (Lipinski definition) is 2. The Morgan fingerprint density at radius 3 is 2.65 bits per heavy atom. The van der Waals surface area contributed by atoms with Gasteiger partial charge in [0.25, 0.3) is 5.91 Å². The van der Waals surface area contributed by atoms with Crippen molar-refractivity contribution in [2.45, 2.75) is 82.5 Å². The molecule has 1 aromatic heterocycles. The van der Waals surface area contributed by atoms with Crippen molar-refractivity contribution in [3.05, 3.63) is 63.7 Å². The Kier molecular flexibility index (Phi) is 11.3. The number of carbonyl (C=O) groups is 3. The van der Waals surface area contributed by atoms with Crippen LogP contribution >= 0.6 is 22.9 Å². The average Bonchev–Trinajstić information content (AvgIpc) is 3.83. The van der Waals surface area contributed by atoms with Crippen LogP contribution in [0.15, 0.2) is 41.8 Å². The van der Waals surface area contributed by atoms with E-state index in [0.717, 1.165) is 35.9 Å². The van der Waals surface area contributed by atoms with Crippen LogP contribution in [-0.4, -0.2) is 89.8 Å². The van der Waals surface area contributed by atoms with Gasteiger partial charge in [0.05, 0.1) is 54.0 Å². The lowest BCUT2D eigenvalue weighted by Crippen LogP contribution is -2.44. The van der Waals surface area contributed by atoms with E-state index in [1.54, 1.807) is 5.38 Å². The van der Waals surface area contributed by atoms with Gasteiger partial charge >= 0.3 is 5.97 Å². The molecule has 0 bridgehead atoms. The Hall–Kier alpha value is -3.09. The normalized spacial score (nSPS) is 24.7. The number of ether oxygens (including phenoxy) is 2. The van der Waals surface area contributed by atoms with Crippen molar-refractivity contribution in [2.24, 2.45) is 5.92 Å². The molecular weight excluding hydrogens is 657 g/mol. The molecule has 48 heavy (non-hydrogen) atoms. The highest BCUT2D eigenvalue weighted by Crippen LogP contribution is 2.33. The highest BCUT2D eigenvalue weighted by Gasteiger charge is 2.42. The largest absolute Gasteiger partial charge is 0.481 e. The first-order valence-corrected chi connectivity index (χ1v) is 18.2. The van der Waals surface area contributed by atoms with E-state index in [0.29, 0.717) is 63.7 Å². The molecule has 0 spiro atoms. The van der Waals surface area contributed by atoms with Crippen molar-refractivity contribution in [3.8, 4) is 0 Å². The van der Waals surface area contributed by atoms with Crippen LogP contribution in [0.3, 0.4) is 0 Å². The molecule has 12 heteroatoms. The van der Waals surface area contributed by atoms with Crippen molar-refractivity contribution < 1.29 is 33.4 Å². The summed E-state index contributed by atoms with van der Waals surface area (Å²) in [5.74, 6) is -2.29. The maximum absolute atomic E-state index is 15.5. The lowest BCUT2D eigenvalue weighted by molar-refractivity contribution is -0.144. The highest BCUT2D eigenvalue weighted by molar-refractivity contribution is 7.17. The van der Waals surface area contributed by atoms with E-state index in [1.165, 1.54) is 23.5 Å². The number of anilines is 1. The second-order valence-electron chi connectivity index (χ2n) is 13.1. The molecule has 9 nitrogen and oxygen atoms in total. The molecular formula is C36H43ClFN3O6S. The molecule has 2 amide bonds. The number of benzene rings is 2. The molecule has 2 aliphatic heterocycles. The minimum absolute atomic E-state index is 0.0415. The smallest absolute Gasteiger partial charge is 0.306 e. The molecule has 258 valence electrons. The predicted octanol–water partition coefficient (Wildman–Crippen LogP) is 6.62. The summed E-state index contributed by atoms with van der Waals surface area (Å²) >= 11 is 8.01. The van der Waals surface area contributed by atoms with Gasteiger partial charge in [-0.15, -0.1) is 11.3 Å². The molecule has 3 heterocycles. The number of thiophene rings is 1. The van der Waals surface area contributed by atoms with Crippen molar-refractivity contribution in [1.29, 1.82) is 0 Å². The molecule has 1 saturated carbocycles. The Morgan fingerprint density at radius 1 is 1.08 bits per heavy atom. The molecule has 2 saturated heterocycles. The first kappa shape index (κ1) is 34.8. The Morgan fingerprint density at radius 2 is 1.88 bits per heavy atom. The summed E-state index contributed by atoms with van der Waals surface area (Å²) in [4.78, 5) is 42.7. The molecule has 2 N–H and O–H groups in total. The van der Waals surface area contributed by atoms with Crippen LogP contribution in [0.25, 0.3) is 10.1 Å². The number of amides is 2. The van der Waals surface area contributed by atoms with Crippen LogP contribution in [-0.2, 0) is 25.5 Å². The van der Waals surface area contributed by atoms with E-state index in [4.69, 9.17) is 21.1 Å². The minimum atomic E-state index is -0.755. The highest BCUT2D eigenvalue weighted by atomic mass is 35.5. The maximum Gasteiger partial charge on any atom is 0.306 e. The molecule has 3 atom stereocenters. The van der Waals surface area contributed by atoms with E-state index in [9.17, 15) is 19.5 Å². The lowest BCUT2D eigenvalue weighted by atomic mass is 9.87. The van der Waals surface area contributed by atoms with Gasteiger partial charge in [0.1, 0.15) is 5.82 Å². The second-order valence-corrected chi connectivity index (χ2v) is 14.4. The van der Waals surface area contributed by atoms with Gasteiger partial charge in [-0.3, -0.25) is 19.3 Å². The topological polar surface area (TPSA) is 108 Å². The van der Waals surface area contributed by atoms with Crippen molar-refractivity contribution in [1.82, 2.24) is 9.80 Å². The zero-order valence-electron chi connectivity index (χ0n) is 27.2. The summed E-state index contributed by atoms with van der Waals surface area (Å²) in [6.07, 6.45) is 5.18. The molecule has 3 aromatic rings. The van der Waals surface area contributed by atoms with Gasteiger partial charge in [-0.05, 0) is 82.2 Å². The van der Waals surface area contributed by atoms with Crippen LogP contribution in [0, 0.1) is 11.7 Å². The van der Waals surface area contributed by atoms with Gasteiger partial charge in [-0.25, -0.2) is 4.39 Å². The third-order valence-corrected chi connectivity index (χ3v) is 11.4. The number of rotatable bonds is 12. The van der Waals surface area contributed by atoms with Crippen LogP contribution in [0.2, 0.25) is 5.02 Å². The Balaban J connectivity index is 1.14. The van der Waals surface area contributed by atoms with E-state index in [2.05, 4.69) is 10.2 Å². The van der Waals surface area contributed by atoms with Crippen LogP contribution < -0.4 is 5.32 Å². The molecule has 2 aromatic carbocycles. The van der Waals surface area contributed by atoms with Gasteiger partial charge in [0.2, 0.25) is 5.91 Å². The Bertz CT molecular complexity index is 1630. The number of nitrogens with zero attached hydrogens (tertiary/aromatic N) is 2. The third-order valence-electron chi connectivity index (χ3n) is 10.1. The number of aliphatic carboxylic acids is 1. The van der Waals surface area contributed by atoms with E-state index < -0.39 is 11.8 Å². The van der Waals surface area contributed by atoms with E-state index in [-0.39, 0.29) is 58.6 Å². The number of halogens is 2. The van der Waals surface area contributed by atoms with Crippen LogP contribution in [0.4, 0.5) is 10.1 Å². The molecule has 3 aliphatic rings. The number of carboxylic acid groups (broad SMARTS) is 1. The van der Waals surface area contributed by atoms with Crippen molar-refractivity contribution in [2.75, 3.05) is 38.2 Å². The fourth-order valence-corrected chi connectivity index (χ4v) is 8.69. The molecule has 6 rings (SSSR count). The summed E-state index contributed by atoms with van der Waals surface area (Å²) in [5.41, 5.74) is 0.791. The minimum Gasteiger partial charge on any atom is -0.481 e. The number of fused-ring (bicyclic) bond motifs is 1. The second kappa shape index (κ2) is 15.6. The molecule has 0 unspecified atom stereocenters. The van der Waals surface area contributed by atoms with Crippen molar-refractivity contribution in [3.63, 3.8) is 0 Å². The summed E-state index contributed by atoms with van der Waals surface area (Å²) in [6, 6.07) is 10.4. The molecule has 3 fully saturated rings. The first-order chi connectivity index (χ1) is 23.2. The Labute approximate surface area is 289 Å². The number of nitrogens with one attached hydrogen (secondary N) is 1. The summed E-state index contributed by atoms with van der Waals surface area (Å²) < 4.78 is 28.6. The van der Waals surface area contributed by atoms with Gasteiger partial charge in [-0.2, -0.15) is 0 Å². The van der Waals surface area contributed by atoms with Gasteiger partial charge in [-0.1, -0.05) is 29.8 Å². The fourth-order valence-electron chi connectivity index (χ4n) is 7.52. The zero-order valence-corrected chi connectivity index (χ0v) is 28.7. The van der Waals surface area contributed by atoms with Gasteiger partial charge < -0.3 is 24.8 Å². The molecule has 0 radical (unpaired) electrons. The number of hydrogen-bond acceptors (Lipinski definition) is 7. The number of carboxylic acids is 1. The quantitative estimate of drug-likeness (QED) is 0.219. The number of carbonyl (C=O) groups excluding carboxylic acids is 2. The van der Waals surface area contributed by atoms with Gasteiger partial charge in [0.15, 0.2) is 0 Å². The van der Waals surface area contributed by atoms with E-state index in [1.807, 2.05) is 36.1 Å². The fraction of sp³-hybridized carbons (Fsp3) is 0.528.